The molecule has 0 spiro atoms. The first-order valence-electron chi connectivity index (χ1n) is 9.80. The van der Waals surface area contributed by atoms with Crippen molar-refractivity contribution in [2.75, 3.05) is 13.1 Å². The summed E-state index contributed by atoms with van der Waals surface area (Å²) >= 11 is 0. The summed E-state index contributed by atoms with van der Waals surface area (Å²) in [6, 6.07) is 5.77. The molecule has 5 nitrogen and oxygen atoms in total. The lowest BCUT2D eigenvalue weighted by Crippen LogP contribution is -2.49. The molecule has 2 atom stereocenters. The maximum atomic E-state index is 12.6. The minimum Gasteiger partial charge on any atom is -0.376 e. The van der Waals surface area contributed by atoms with Gasteiger partial charge in [-0.2, -0.15) is 21.6 Å². The zero-order valence-corrected chi connectivity index (χ0v) is 17.8. The molecule has 1 aromatic rings. The molecule has 0 bridgehead atoms. The van der Waals surface area contributed by atoms with Gasteiger partial charge in [0.05, 0.1) is 0 Å². The van der Waals surface area contributed by atoms with Crippen LogP contribution in [-0.4, -0.2) is 37.8 Å². The number of carbonyl (C=O) groups excluding carboxylic acids is 1. The Hall–Kier alpha value is -1.77. The van der Waals surface area contributed by atoms with Gasteiger partial charge < -0.3 is 9.08 Å². The quantitative estimate of drug-likeness (QED) is 0.356. The van der Waals surface area contributed by atoms with Crippen LogP contribution in [0.1, 0.15) is 58.4 Å². The summed E-state index contributed by atoms with van der Waals surface area (Å²) in [6.07, 6.45) is 4.08. The lowest BCUT2D eigenvalue weighted by Gasteiger charge is -2.45. The minimum absolute atomic E-state index is 0.0425. The van der Waals surface area contributed by atoms with Gasteiger partial charge in [0.2, 0.25) is 5.91 Å². The number of nitrogens with zero attached hydrogens (tertiary/aromatic N) is 1. The smallest absolute Gasteiger partial charge is 0.376 e. The van der Waals surface area contributed by atoms with Gasteiger partial charge in [0, 0.05) is 19.5 Å². The van der Waals surface area contributed by atoms with E-state index in [0.717, 1.165) is 19.3 Å². The maximum absolute atomic E-state index is 12.6. The molecule has 29 heavy (non-hydrogen) atoms. The Morgan fingerprint density at radius 2 is 2.00 bits per heavy atom. The number of carbonyl (C=O) groups is 1. The van der Waals surface area contributed by atoms with E-state index in [1.165, 1.54) is 18.2 Å². The van der Waals surface area contributed by atoms with Crippen molar-refractivity contribution in [3.8, 4) is 5.75 Å². The molecule has 0 aliphatic carbocycles. The van der Waals surface area contributed by atoms with Crippen molar-refractivity contribution < 1.29 is 30.6 Å². The van der Waals surface area contributed by atoms with E-state index in [1.54, 1.807) is 6.07 Å². The van der Waals surface area contributed by atoms with Crippen LogP contribution < -0.4 is 4.18 Å². The predicted molar refractivity (Wildman–Crippen MR) is 104 cm³/mol. The Bertz CT molecular complexity index is 825. The van der Waals surface area contributed by atoms with Gasteiger partial charge in [-0.1, -0.05) is 45.7 Å². The Kier molecular flexibility index (Phi) is 7.24. The van der Waals surface area contributed by atoms with Crippen LogP contribution >= 0.6 is 0 Å². The van der Waals surface area contributed by atoms with Crippen LogP contribution in [0.2, 0.25) is 0 Å². The van der Waals surface area contributed by atoms with E-state index in [-0.39, 0.29) is 17.6 Å². The number of amides is 1. The van der Waals surface area contributed by atoms with Crippen LogP contribution in [0.25, 0.3) is 0 Å². The number of piperidine rings is 1. The zero-order valence-electron chi connectivity index (χ0n) is 17.0. The zero-order chi connectivity index (χ0) is 21.9. The topological polar surface area (TPSA) is 63.7 Å². The molecule has 2 rings (SSSR count). The Labute approximate surface area is 170 Å². The van der Waals surface area contributed by atoms with Crippen LogP contribution in [0.5, 0.6) is 5.75 Å². The average molecular weight is 436 g/mol. The largest absolute Gasteiger partial charge is 0.534 e. The fourth-order valence-electron chi connectivity index (χ4n) is 3.65. The Balaban J connectivity index is 2.14. The second-order valence-corrected chi connectivity index (χ2v) is 9.41. The number of likely N-dealkylation sites (tertiary alicyclic amines) is 1. The molecule has 164 valence electrons. The molecule has 1 aliphatic heterocycles. The molecular formula is C20H28F3NO4S. The Morgan fingerprint density at radius 1 is 1.31 bits per heavy atom. The maximum Gasteiger partial charge on any atom is 0.534 e. The predicted octanol–water partition coefficient (Wildman–Crippen LogP) is 4.62. The molecule has 1 fully saturated rings. The molecule has 1 saturated heterocycles. The van der Waals surface area contributed by atoms with E-state index in [4.69, 9.17) is 0 Å². The van der Waals surface area contributed by atoms with E-state index < -0.39 is 21.0 Å². The molecule has 0 aromatic heterocycles. The minimum atomic E-state index is -5.72. The SMILES string of the molecule is CCCCCC(=O)N1CCC(C)(c2cccc(OS(=O)(=O)C(F)(F)F)c2)C(C)C1. The second-order valence-electron chi connectivity index (χ2n) is 7.88. The van der Waals surface area contributed by atoms with Crippen LogP contribution in [0.15, 0.2) is 24.3 Å². The number of hydrogen-bond acceptors (Lipinski definition) is 4. The molecule has 1 aliphatic rings. The van der Waals surface area contributed by atoms with Crippen LogP contribution in [0.3, 0.4) is 0 Å². The summed E-state index contributed by atoms with van der Waals surface area (Å²) in [5.74, 6) is -0.201. The summed E-state index contributed by atoms with van der Waals surface area (Å²) in [6.45, 7) is 7.15. The number of hydrogen-bond donors (Lipinski definition) is 0. The summed E-state index contributed by atoms with van der Waals surface area (Å²) in [5.41, 5.74) is -5.21. The molecule has 0 N–H and O–H groups in total. The third-order valence-electron chi connectivity index (χ3n) is 5.81. The molecule has 1 heterocycles. The molecule has 1 amide bonds. The molecule has 2 unspecified atom stereocenters. The van der Waals surface area contributed by atoms with E-state index >= 15 is 0 Å². The van der Waals surface area contributed by atoms with Crippen molar-refractivity contribution in [3.63, 3.8) is 0 Å². The highest BCUT2D eigenvalue weighted by molar-refractivity contribution is 7.88. The third kappa shape index (κ3) is 5.43. The first kappa shape index (κ1) is 23.5. The molecule has 9 heteroatoms. The number of benzene rings is 1. The highest BCUT2D eigenvalue weighted by atomic mass is 32.2. The lowest BCUT2D eigenvalue weighted by atomic mass is 9.68. The molecule has 0 saturated carbocycles. The van der Waals surface area contributed by atoms with Crippen molar-refractivity contribution in [1.82, 2.24) is 4.90 Å². The fourth-order valence-corrected chi connectivity index (χ4v) is 4.11. The lowest BCUT2D eigenvalue weighted by molar-refractivity contribution is -0.134. The molecule has 0 radical (unpaired) electrons. The highest BCUT2D eigenvalue weighted by Gasteiger charge is 2.48. The molecular weight excluding hydrogens is 407 g/mol. The average Bonchev–Trinajstić information content (AvgIpc) is 2.63. The second kappa shape index (κ2) is 8.93. The summed E-state index contributed by atoms with van der Waals surface area (Å²) in [4.78, 5) is 14.2. The van der Waals surface area contributed by atoms with Crippen LogP contribution in [0.4, 0.5) is 13.2 Å². The number of halogens is 3. The van der Waals surface area contributed by atoms with Crippen molar-refractivity contribution in [2.45, 2.75) is 63.8 Å². The van der Waals surface area contributed by atoms with Crippen molar-refractivity contribution in [1.29, 1.82) is 0 Å². The van der Waals surface area contributed by atoms with Gasteiger partial charge in [-0.25, -0.2) is 0 Å². The van der Waals surface area contributed by atoms with Crippen LogP contribution in [-0.2, 0) is 20.3 Å². The first-order valence-corrected chi connectivity index (χ1v) is 11.2. The fraction of sp³-hybridized carbons (Fsp3) is 0.650. The number of rotatable bonds is 7. The number of alkyl halides is 3. The summed E-state index contributed by atoms with van der Waals surface area (Å²) < 4.78 is 64.6. The van der Waals surface area contributed by atoms with E-state index in [0.29, 0.717) is 31.5 Å². The third-order valence-corrected chi connectivity index (χ3v) is 6.79. The highest BCUT2D eigenvalue weighted by Crippen LogP contribution is 2.41. The normalized spacial score (nSPS) is 23.1. The van der Waals surface area contributed by atoms with Gasteiger partial charge in [0.25, 0.3) is 0 Å². The van der Waals surface area contributed by atoms with Crippen molar-refractivity contribution >= 4 is 16.0 Å². The van der Waals surface area contributed by atoms with Crippen LogP contribution in [0, 0.1) is 5.92 Å². The van der Waals surface area contributed by atoms with E-state index in [2.05, 4.69) is 11.1 Å². The van der Waals surface area contributed by atoms with Gasteiger partial charge in [-0.3, -0.25) is 4.79 Å². The Morgan fingerprint density at radius 3 is 2.59 bits per heavy atom. The molecule has 1 aromatic carbocycles. The van der Waals surface area contributed by atoms with Crippen molar-refractivity contribution in [3.05, 3.63) is 29.8 Å². The summed E-state index contributed by atoms with van der Waals surface area (Å²) in [7, 11) is -5.72. The van der Waals surface area contributed by atoms with Gasteiger partial charge in [-0.05, 0) is 41.9 Å². The standard InChI is InChI=1S/C20H28F3NO4S/c1-4-5-6-10-18(25)24-12-11-19(3,15(2)14-24)16-8-7-9-17(13-16)28-29(26,27)20(21,22)23/h7-9,13,15H,4-6,10-12,14H2,1-3H3. The van der Waals surface area contributed by atoms with Gasteiger partial charge >= 0.3 is 15.6 Å². The first-order chi connectivity index (χ1) is 13.4. The van der Waals surface area contributed by atoms with Gasteiger partial charge in [0.1, 0.15) is 5.75 Å². The monoisotopic (exact) mass is 435 g/mol. The van der Waals surface area contributed by atoms with E-state index in [1.807, 2.05) is 18.7 Å². The summed E-state index contributed by atoms with van der Waals surface area (Å²) in [5, 5.41) is 0. The number of unbranched alkanes of at least 4 members (excludes halogenated alkanes) is 2. The van der Waals surface area contributed by atoms with E-state index in [9.17, 15) is 26.4 Å². The van der Waals surface area contributed by atoms with Gasteiger partial charge in [-0.15, -0.1) is 0 Å². The van der Waals surface area contributed by atoms with Crippen molar-refractivity contribution in [2.24, 2.45) is 5.92 Å². The van der Waals surface area contributed by atoms with Gasteiger partial charge in [0.15, 0.2) is 0 Å².